The quantitative estimate of drug-likeness (QED) is 0.701. The predicted molar refractivity (Wildman–Crippen MR) is 53.2 cm³/mol. The Balaban J connectivity index is 2.63. The molecule has 0 bridgehead atoms. The normalized spacial score (nSPS) is 11.1. The molecule has 0 aliphatic heterocycles. The maximum atomic E-state index is 12.8. The molecule has 84 valence electrons. The number of halogens is 3. The molecule has 1 rings (SSSR count). The Labute approximate surface area is 87.5 Å². The fraction of sp³-hybridized carbons (Fsp3) is 0.455. The fourth-order valence-corrected chi connectivity index (χ4v) is 1.35. The first-order valence-corrected chi connectivity index (χ1v) is 4.79. The van der Waals surface area contributed by atoms with Crippen LogP contribution in [0.25, 0.3) is 0 Å². The van der Waals surface area contributed by atoms with E-state index in [1.54, 1.807) is 0 Å². The molecule has 1 aromatic carbocycles. The molecule has 1 nitrogen and oxygen atoms in total. The molecule has 0 aliphatic rings. The molecule has 0 radical (unpaired) electrons. The van der Waals surface area contributed by atoms with Gasteiger partial charge in [0.1, 0.15) is 0 Å². The summed E-state index contributed by atoms with van der Waals surface area (Å²) < 4.78 is 38.2. The third-order valence-electron chi connectivity index (χ3n) is 2.11. The van der Waals surface area contributed by atoms with Gasteiger partial charge in [-0.1, -0.05) is 0 Å². The second kappa shape index (κ2) is 5.16. The molecule has 1 aromatic rings. The minimum atomic E-state index is -1.40. The summed E-state index contributed by atoms with van der Waals surface area (Å²) >= 11 is 0. The minimum Gasteiger partial charge on any atom is -0.309 e. The average Bonchev–Trinajstić information content (AvgIpc) is 2.13. The van der Waals surface area contributed by atoms with Crippen molar-refractivity contribution in [2.75, 3.05) is 20.6 Å². The van der Waals surface area contributed by atoms with Crippen LogP contribution in [0.15, 0.2) is 12.1 Å². The van der Waals surface area contributed by atoms with E-state index in [-0.39, 0.29) is 0 Å². The van der Waals surface area contributed by atoms with Crippen LogP contribution in [-0.4, -0.2) is 25.5 Å². The zero-order valence-corrected chi connectivity index (χ0v) is 8.86. The van der Waals surface area contributed by atoms with E-state index in [2.05, 4.69) is 0 Å². The van der Waals surface area contributed by atoms with Crippen molar-refractivity contribution < 1.29 is 13.2 Å². The molecule has 0 saturated heterocycles. The molecule has 0 heterocycles. The Morgan fingerprint density at radius 3 is 2.07 bits per heavy atom. The Hall–Kier alpha value is -1.03. The minimum absolute atomic E-state index is 0.494. The SMILES string of the molecule is CN(C)CCCc1cc(F)c(F)c(F)c1. The zero-order chi connectivity index (χ0) is 11.4. The van der Waals surface area contributed by atoms with Gasteiger partial charge in [0, 0.05) is 0 Å². The van der Waals surface area contributed by atoms with E-state index in [0.29, 0.717) is 12.0 Å². The molecule has 0 aliphatic carbocycles. The van der Waals surface area contributed by atoms with Gasteiger partial charge < -0.3 is 4.90 Å². The number of nitrogens with zero attached hydrogens (tertiary/aromatic N) is 1. The van der Waals surface area contributed by atoms with Crippen molar-refractivity contribution >= 4 is 0 Å². The van der Waals surface area contributed by atoms with Crippen LogP contribution in [-0.2, 0) is 6.42 Å². The van der Waals surface area contributed by atoms with Gasteiger partial charge in [0.25, 0.3) is 0 Å². The molecule has 4 heteroatoms. The highest BCUT2D eigenvalue weighted by Crippen LogP contribution is 2.14. The monoisotopic (exact) mass is 217 g/mol. The van der Waals surface area contributed by atoms with E-state index in [4.69, 9.17) is 0 Å². The van der Waals surface area contributed by atoms with Crippen LogP contribution in [0.5, 0.6) is 0 Å². The smallest absolute Gasteiger partial charge is 0.194 e. The first-order valence-electron chi connectivity index (χ1n) is 4.79. The number of benzene rings is 1. The largest absolute Gasteiger partial charge is 0.309 e. The van der Waals surface area contributed by atoms with Crippen LogP contribution in [0, 0.1) is 17.5 Å². The van der Waals surface area contributed by atoms with E-state index < -0.39 is 17.5 Å². The van der Waals surface area contributed by atoms with Crippen LogP contribution in [0.4, 0.5) is 13.2 Å². The van der Waals surface area contributed by atoms with Crippen molar-refractivity contribution in [3.8, 4) is 0 Å². The summed E-state index contributed by atoms with van der Waals surface area (Å²) in [7, 11) is 3.84. The van der Waals surface area contributed by atoms with E-state index in [1.807, 2.05) is 19.0 Å². The van der Waals surface area contributed by atoms with Crippen molar-refractivity contribution in [3.63, 3.8) is 0 Å². The van der Waals surface area contributed by atoms with Crippen LogP contribution < -0.4 is 0 Å². The second-order valence-corrected chi connectivity index (χ2v) is 3.78. The number of hydrogen-bond acceptors (Lipinski definition) is 1. The lowest BCUT2D eigenvalue weighted by Crippen LogP contribution is -2.13. The maximum Gasteiger partial charge on any atom is 0.194 e. The van der Waals surface area contributed by atoms with Crippen LogP contribution in [0.1, 0.15) is 12.0 Å². The van der Waals surface area contributed by atoms with Crippen LogP contribution >= 0.6 is 0 Å². The third-order valence-corrected chi connectivity index (χ3v) is 2.11. The maximum absolute atomic E-state index is 12.8. The average molecular weight is 217 g/mol. The first kappa shape index (κ1) is 12.0. The lowest BCUT2D eigenvalue weighted by Gasteiger charge is -2.09. The standard InChI is InChI=1S/C11H14F3N/c1-15(2)5-3-4-8-6-9(12)11(14)10(13)7-8/h6-7H,3-5H2,1-2H3. The third kappa shape index (κ3) is 3.55. The summed E-state index contributed by atoms with van der Waals surface area (Å²) in [6.07, 6.45) is 1.34. The molecular formula is C11H14F3N. The second-order valence-electron chi connectivity index (χ2n) is 3.78. The molecule has 15 heavy (non-hydrogen) atoms. The van der Waals surface area contributed by atoms with Gasteiger partial charge in [-0.3, -0.25) is 0 Å². The Morgan fingerprint density at radius 2 is 1.60 bits per heavy atom. The molecule has 0 fully saturated rings. The van der Waals surface area contributed by atoms with E-state index in [9.17, 15) is 13.2 Å². The molecular weight excluding hydrogens is 203 g/mol. The highest BCUT2D eigenvalue weighted by Gasteiger charge is 2.09. The predicted octanol–water partition coefficient (Wildman–Crippen LogP) is 2.60. The Kier molecular flexibility index (Phi) is 4.15. The van der Waals surface area contributed by atoms with Gasteiger partial charge in [-0.05, 0) is 51.2 Å². The van der Waals surface area contributed by atoms with E-state index >= 15 is 0 Å². The summed E-state index contributed by atoms with van der Waals surface area (Å²) in [6, 6.07) is 2.10. The van der Waals surface area contributed by atoms with Gasteiger partial charge >= 0.3 is 0 Å². The van der Waals surface area contributed by atoms with Gasteiger partial charge in [0.05, 0.1) is 0 Å². The van der Waals surface area contributed by atoms with Crippen molar-refractivity contribution in [2.45, 2.75) is 12.8 Å². The van der Waals surface area contributed by atoms with E-state index in [1.165, 1.54) is 0 Å². The molecule has 0 atom stereocenters. The van der Waals surface area contributed by atoms with Gasteiger partial charge in [-0.25, -0.2) is 13.2 Å². The van der Waals surface area contributed by atoms with Gasteiger partial charge in [0.15, 0.2) is 17.5 Å². The molecule has 0 N–H and O–H groups in total. The van der Waals surface area contributed by atoms with Gasteiger partial charge in [-0.2, -0.15) is 0 Å². The molecule has 0 aromatic heterocycles. The summed E-state index contributed by atoms with van der Waals surface area (Å²) in [5, 5.41) is 0. The zero-order valence-electron chi connectivity index (χ0n) is 8.86. The van der Waals surface area contributed by atoms with Crippen molar-refractivity contribution in [1.82, 2.24) is 4.90 Å². The molecule has 0 saturated carbocycles. The number of rotatable bonds is 4. The Morgan fingerprint density at radius 1 is 1.07 bits per heavy atom. The molecule has 0 unspecified atom stereocenters. The van der Waals surface area contributed by atoms with Crippen molar-refractivity contribution in [2.24, 2.45) is 0 Å². The van der Waals surface area contributed by atoms with Crippen molar-refractivity contribution in [1.29, 1.82) is 0 Å². The van der Waals surface area contributed by atoms with Crippen LogP contribution in [0.3, 0.4) is 0 Å². The molecule has 0 amide bonds. The first-order chi connectivity index (χ1) is 7.00. The summed E-state index contributed by atoms with van der Waals surface area (Å²) in [5.74, 6) is -3.63. The summed E-state index contributed by atoms with van der Waals surface area (Å²) in [5.41, 5.74) is 0.494. The fourth-order valence-electron chi connectivity index (χ4n) is 1.35. The molecule has 0 spiro atoms. The lowest BCUT2D eigenvalue weighted by atomic mass is 10.1. The topological polar surface area (TPSA) is 3.24 Å². The highest BCUT2D eigenvalue weighted by atomic mass is 19.2. The van der Waals surface area contributed by atoms with Gasteiger partial charge in [0.2, 0.25) is 0 Å². The van der Waals surface area contributed by atoms with E-state index in [0.717, 1.165) is 25.1 Å². The Bertz CT molecular complexity index is 314. The van der Waals surface area contributed by atoms with Crippen LogP contribution in [0.2, 0.25) is 0 Å². The van der Waals surface area contributed by atoms with Crippen molar-refractivity contribution in [3.05, 3.63) is 35.1 Å². The highest BCUT2D eigenvalue weighted by molar-refractivity contribution is 5.19. The lowest BCUT2D eigenvalue weighted by molar-refractivity contribution is 0.399. The summed E-state index contributed by atoms with van der Waals surface area (Å²) in [4.78, 5) is 1.98. The number of hydrogen-bond donors (Lipinski definition) is 0. The number of aryl methyl sites for hydroxylation is 1. The van der Waals surface area contributed by atoms with Gasteiger partial charge in [-0.15, -0.1) is 0 Å². The summed E-state index contributed by atoms with van der Waals surface area (Å²) in [6.45, 7) is 0.834.